The summed E-state index contributed by atoms with van der Waals surface area (Å²) in [6.45, 7) is 0.0141. The van der Waals surface area contributed by atoms with E-state index in [1.807, 2.05) is 0 Å². The van der Waals surface area contributed by atoms with E-state index in [4.69, 9.17) is 14.2 Å². The van der Waals surface area contributed by atoms with Crippen LogP contribution in [0.4, 0.5) is 5.69 Å². The summed E-state index contributed by atoms with van der Waals surface area (Å²) in [6.07, 6.45) is 0. The van der Waals surface area contributed by atoms with E-state index in [1.54, 1.807) is 54.4 Å². The summed E-state index contributed by atoms with van der Waals surface area (Å²) in [6, 6.07) is 11.8. The van der Waals surface area contributed by atoms with E-state index in [0.717, 1.165) is 4.90 Å². The monoisotopic (exact) mass is 412 g/mol. The highest BCUT2D eigenvalue weighted by atomic mass is 16.5. The van der Waals surface area contributed by atoms with E-state index >= 15 is 0 Å². The van der Waals surface area contributed by atoms with E-state index in [-0.39, 0.29) is 24.4 Å². The molecule has 2 aromatic rings. The molecule has 0 saturated heterocycles. The molecule has 0 aliphatic carbocycles. The minimum absolute atomic E-state index is 0.171. The van der Waals surface area contributed by atoms with Crippen molar-refractivity contribution in [1.29, 1.82) is 0 Å². The number of benzene rings is 2. The Labute approximate surface area is 174 Å². The van der Waals surface area contributed by atoms with Crippen molar-refractivity contribution in [3.8, 4) is 17.2 Å². The quantitative estimate of drug-likeness (QED) is 0.663. The van der Waals surface area contributed by atoms with Crippen LogP contribution in [0.2, 0.25) is 0 Å². The summed E-state index contributed by atoms with van der Waals surface area (Å²) in [7, 11) is 6.15. The van der Waals surface area contributed by atoms with E-state index < -0.39 is 11.8 Å². The summed E-state index contributed by atoms with van der Waals surface area (Å²) in [5, 5.41) is 9.39. The molecule has 8 heteroatoms. The van der Waals surface area contributed by atoms with Crippen LogP contribution in [0.25, 0.3) is 5.57 Å². The zero-order valence-corrected chi connectivity index (χ0v) is 17.3. The van der Waals surface area contributed by atoms with Crippen molar-refractivity contribution in [3.63, 3.8) is 0 Å². The van der Waals surface area contributed by atoms with Gasteiger partial charge >= 0.3 is 0 Å². The predicted molar refractivity (Wildman–Crippen MR) is 112 cm³/mol. The first-order chi connectivity index (χ1) is 14.5. The number of amides is 2. The summed E-state index contributed by atoms with van der Waals surface area (Å²) < 4.78 is 16.0. The number of likely N-dealkylation sites (N-methyl/N-ethyl adjacent to an activating group) is 1. The van der Waals surface area contributed by atoms with Gasteiger partial charge in [0.25, 0.3) is 11.8 Å². The van der Waals surface area contributed by atoms with Crippen molar-refractivity contribution in [3.05, 3.63) is 53.7 Å². The zero-order chi connectivity index (χ0) is 21.8. The summed E-state index contributed by atoms with van der Waals surface area (Å²) in [5.74, 6) is 0.354. The van der Waals surface area contributed by atoms with Gasteiger partial charge in [0.2, 0.25) is 0 Å². The van der Waals surface area contributed by atoms with Crippen LogP contribution < -0.4 is 19.1 Å². The first-order valence-electron chi connectivity index (χ1n) is 9.28. The normalized spacial score (nSPS) is 13.7. The maximum absolute atomic E-state index is 13.5. The second-order valence-corrected chi connectivity index (χ2v) is 6.56. The second-order valence-electron chi connectivity index (χ2n) is 6.56. The molecular weight excluding hydrogens is 388 g/mol. The average molecular weight is 412 g/mol. The van der Waals surface area contributed by atoms with Gasteiger partial charge in [0.05, 0.1) is 39.2 Å². The Hall–Kier alpha value is -3.52. The van der Waals surface area contributed by atoms with Gasteiger partial charge in [0, 0.05) is 13.6 Å². The van der Waals surface area contributed by atoms with Gasteiger partial charge in [-0.25, -0.2) is 4.90 Å². The molecule has 2 aromatic carbocycles. The van der Waals surface area contributed by atoms with Crippen LogP contribution >= 0.6 is 0 Å². The Morgan fingerprint density at radius 1 is 0.900 bits per heavy atom. The van der Waals surface area contributed by atoms with Crippen molar-refractivity contribution in [2.75, 3.05) is 46.4 Å². The van der Waals surface area contributed by atoms with Crippen LogP contribution in [0, 0.1) is 0 Å². The number of carbonyl (C=O) groups excluding carboxylic acids is 2. The second kappa shape index (κ2) is 8.87. The fraction of sp³-hybridized carbons (Fsp3) is 0.273. The number of hydrogen-bond acceptors (Lipinski definition) is 7. The van der Waals surface area contributed by atoms with Crippen LogP contribution in [0.3, 0.4) is 0 Å². The van der Waals surface area contributed by atoms with Crippen molar-refractivity contribution in [2.45, 2.75) is 0 Å². The van der Waals surface area contributed by atoms with Crippen molar-refractivity contribution >= 4 is 23.1 Å². The number of methoxy groups -OCH3 is 3. The number of hydrogen-bond donors (Lipinski definition) is 1. The number of nitrogens with zero attached hydrogens (tertiary/aromatic N) is 2. The standard InChI is InChI=1S/C22H24N2O6/c1-23(11-12-25)20-19(14-9-10-17(29-3)18(13-14)30-4)21(26)24(22(20)27)15-7-5-6-8-16(15)28-2/h5-10,13,25H,11-12H2,1-4H3. The lowest BCUT2D eigenvalue weighted by Crippen LogP contribution is -2.35. The van der Waals surface area contributed by atoms with Gasteiger partial charge in [-0.2, -0.15) is 0 Å². The molecule has 1 heterocycles. The molecule has 0 aromatic heterocycles. The van der Waals surface area contributed by atoms with Gasteiger partial charge < -0.3 is 24.2 Å². The number of aliphatic hydroxyl groups is 1. The lowest BCUT2D eigenvalue weighted by atomic mass is 10.0. The molecule has 0 saturated carbocycles. The average Bonchev–Trinajstić information content (AvgIpc) is 3.03. The Morgan fingerprint density at radius 2 is 1.57 bits per heavy atom. The Bertz CT molecular complexity index is 1000. The largest absolute Gasteiger partial charge is 0.495 e. The van der Waals surface area contributed by atoms with Gasteiger partial charge in [-0.15, -0.1) is 0 Å². The highest BCUT2D eigenvalue weighted by Crippen LogP contribution is 2.40. The predicted octanol–water partition coefficient (Wildman–Crippen LogP) is 1.92. The molecule has 3 rings (SSSR count). The molecule has 1 aliphatic heterocycles. The molecule has 0 spiro atoms. The van der Waals surface area contributed by atoms with Gasteiger partial charge in [-0.05, 0) is 29.8 Å². The van der Waals surface area contributed by atoms with Gasteiger partial charge in [0.15, 0.2) is 11.5 Å². The highest BCUT2D eigenvalue weighted by Gasteiger charge is 2.42. The lowest BCUT2D eigenvalue weighted by Gasteiger charge is -2.21. The van der Waals surface area contributed by atoms with E-state index in [1.165, 1.54) is 21.3 Å². The number of para-hydroxylation sites is 2. The number of ether oxygens (including phenoxy) is 3. The third-order valence-electron chi connectivity index (χ3n) is 4.87. The minimum Gasteiger partial charge on any atom is -0.495 e. The number of rotatable bonds is 8. The molecule has 158 valence electrons. The van der Waals surface area contributed by atoms with Crippen molar-refractivity contribution < 1.29 is 28.9 Å². The molecule has 0 unspecified atom stereocenters. The number of aliphatic hydroxyl groups excluding tert-OH is 1. The Kier molecular flexibility index (Phi) is 6.27. The van der Waals surface area contributed by atoms with Crippen LogP contribution in [-0.2, 0) is 9.59 Å². The highest BCUT2D eigenvalue weighted by molar-refractivity contribution is 6.45. The molecule has 8 nitrogen and oxygen atoms in total. The third-order valence-corrected chi connectivity index (χ3v) is 4.87. The Balaban J connectivity index is 2.18. The maximum Gasteiger partial charge on any atom is 0.282 e. The zero-order valence-electron chi connectivity index (χ0n) is 17.3. The molecular formula is C22H24N2O6. The first kappa shape index (κ1) is 21.2. The topological polar surface area (TPSA) is 88.5 Å². The molecule has 30 heavy (non-hydrogen) atoms. The van der Waals surface area contributed by atoms with Crippen LogP contribution in [-0.4, -0.2) is 63.3 Å². The molecule has 1 N–H and O–H groups in total. The molecule has 0 fully saturated rings. The minimum atomic E-state index is -0.495. The third kappa shape index (κ3) is 3.57. The fourth-order valence-electron chi connectivity index (χ4n) is 3.42. The van der Waals surface area contributed by atoms with E-state index in [9.17, 15) is 14.7 Å². The van der Waals surface area contributed by atoms with Crippen molar-refractivity contribution in [1.82, 2.24) is 4.90 Å². The van der Waals surface area contributed by atoms with Crippen LogP contribution in [0.5, 0.6) is 17.2 Å². The summed E-state index contributed by atoms with van der Waals surface area (Å²) in [5.41, 5.74) is 1.25. The molecule has 0 bridgehead atoms. The van der Waals surface area contributed by atoms with E-state index in [0.29, 0.717) is 28.5 Å². The van der Waals surface area contributed by atoms with Gasteiger partial charge in [-0.3, -0.25) is 9.59 Å². The summed E-state index contributed by atoms with van der Waals surface area (Å²) >= 11 is 0. The number of carbonyl (C=O) groups is 2. The van der Waals surface area contributed by atoms with Crippen LogP contribution in [0.15, 0.2) is 48.2 Å². The fourth-order valence-corrected chi connectivity index (χ4v) is 3.42. The summed E-state index contributed by atoms with van der Waals surface area (Å²) in [4.78, 5) is 29.5. The number of anilines is 1. The molecule has 0 atom stereocenters. The van der Waals surface area contributed by atoms with Crippen molar-refractivity contribution in [2.24, 2.45) is 0 Å². The van der Waals surface area contributed by atoms with Crippen LogP contribution in [0.1, 0.15) is 5.56 Å². The SMILES string of the molecule is COc1ccc(C2=C(N(C)CCO)C(=O)N(c3ccccc3OC)C2=O)cc1OC. The lowest BCUT2D eigenvalue weighted by molar-refractivity contribution is -0.120. The smallest absolute Gasteiger partial charge is 0.282 e. The van der Waals surface area contributed by atoms with Gasteiger partial charge in [0.1, 0.15) is 11.4 Å². The first-order valence-corrected chi connectivity index (χ1v) is 9.28. The van der Waals surface area contributed by atoms with Gasteiger partial charge in [-0.1, -0.05) is 18.2 Å². The Morgan fingerprint density at radius 3 is 2.20 bits per heavy atom. The molecule has 1 aliphatic rings. The van der Waals surface area contributed by atoms with E-state index in [2.05, 4.69) is 0 Å². The number of imide groups is 1. The molecule has 0 radical (unpaired) electrons. The maximum atomic E-state index is 13.5. The molecule has 2 amide bonds.